The van der Waals surface area contributed by atoms with Crippen LogP contribution in [0.5, 0.6) is 0 Å². The molecule has 0 bridgehead atoms. The lowest BCUT2D eigenvalue weighted by Gasteiger charge is -2.24. The van der Waals surface area contributed by atoms with Crippen molar-refractivity contribution < 1.29 is 9.53 Å². The van der Waals surface area contributed by atoms with Gasteiger partial charge < -0.3 is 14.1 Å². The Morgan fingerprint density at radius 3 is 3.00 bits per heavy atom. The topological polar surface area (TPSA) is 52.7 Å². The largest absolute Gasteiger partial charge is 0.465 e. The predicted molar refractivity (Wildman–Crippen MR) is 69.9 cm³/mol. The minimum Gasteiger partial charge on any atom is -0.465 e. The van der Waals surface area contributed by atoms with Crippen LogP contribution in [0.2, 0.25) is 0 Å². The van der Waals surface area contributed by atoms with E-state index < -0.39 is 5.97 Å². The maximum absolute atomic E-state index is 12.2. The van der Waals surface area contributed by atoms with Crippen LogP contribution < -0.4 is 5.56 Å². The molecule has 5 heteroatoms. The number of rotatable bonds is 2. The van der Waals surface area contributed by atoms with Crippen LogP contribution in [0.1, 0.15) is 42.1 Å². The highest BCUT2D eigenvalue weighted by Gasteiger charge is 2.28. The molecule has 1 aliphatic rings. The van der Waals surface area contributed by atoms with Crippen LogP contribution in [0.3, 0.4) is 0 Å². The molecule has 2 atom stereocenters. The van der Waals surface area contributed by atoms with Crippen molar-refractivity contribution in [2.24, 2.45) is 0 Å². The van der Waals surface area contributed by atoms with Gasteiger partial charge in [-0.15, -0.1) is 0 Å². The van der Waals surface area contributed by atoms with Crippen LogP contribution in [-0.2, 0) is 4.74 Å². The van der Waals surface area contributed by atoms with Crippen molar-refractivity contribution in [3.05, 3.63) is 45.7 Å². The second-order valence-electron chi connectivity index (χ2n) is 4.73. The lowest BCUT2D eigenvalue weighted by atomic mass is 9.91. The lowest BCUT2D eigenvalue weighted by molar-refractivity contribution is 0.0597. The first kappa shape index (κ1) is 13.3. The van der Waals surface area contributed by atoms with Crippen molar-refractivity contribution >= 4 is 5.97 Å². The predicted octanol–water partition coefficient (Wildman–Crippen LogP) is 2.04. The summed E-state index contributed by atoms with van der Waals surface area (Å²) in [5.41, 5.74) is -0.278. The van der Waals surface area contributed by atoms with Crippen molar-refractivity contribution in [2.45, 2.75) is 37.8 Å². The van der Waals surface area contributed by atoms with Gasteiger partial charge in [0.2, 0.25) is 6.04 Å². The summed E-state index contributed by atoms with van der Waals surface area (Å²) in [5.74, 6) is -0.614. The second-order valence-corrected chi connectivity index (χ2v) is 4.73. The smallest absolute Gasteiger partial charge is 0.343 e. The highest BCUT2D eigenvalue weighted by atomic mass is 16.5. The van der Waals surface area contributed by atoms with E-state index in [-0.39, 0.29) is 23.2 Å². The third-order valence-corrected chi connectivity index (χ3v) is 3.57. The Balaban J connectivity index is 2.33. The summed E-state index contributed by atoms with van der Waals surface area (Å²) in [6, 6.07) is 3.13. The third-order valence-electron chi connectivity index (χ3n) is 3.57. The Morgan fingerprint density at radius 1 is 1.53 bits per heavy atom. The van der Waals surface area contributed by atoms with Gasteiger partial charge in [0, 0.05) is 25.1 Å². The van der Waals surface area contributed by atoms with Gasteiger partial charge in [-0.2, -0.15) is 0 Å². The van der Waals surface area contributed by atoms with Gasteiger partial charge in [0.1, 0.15) is 5.56 Å². The molecule has 1 aromatic heterocycles. The summed E-state index contributed by atoms with van der Waals surface area (Å²) >= 11 is 0. The zero-order chi connectivity index (χ0) is 13.8. The van der Waals surface area contributed by atoms with Gasteiger partial charge in [0.15, 0.2) is 0 Å². The molecule has 1 aliphatic carbocycles. The highest BCUT2D eigenvalue weighted by Crippen LogP contribution is 2.29. The van der Waals surface area contributed by atoms with Crippen molar-refractivity contribution in [3.63, 3.8) is 0 Å². The average Bonchev–Trinajstić information content (AvgIpc) is 2.46. The number of nitrogens with zero attached hydrogens (tertiary/aromatic N) is 2. The number of hydrogen-bond donors (Lipinski definition) is 0. The van der Waals surface area contributed by atoms with Gasteiger partial charge in [-0.25, -0.2) is 11.4 Å². The fourth-order valence-corrected chi connectivity index (χ4v) is 2.57. The molecule has 19 heavy (non-hydrogen) atoms. The standard InChI is InChI=1S/C14H16N2O3/c1-15-10-5-3-6-11(9-10)16-8-4-7-12(13(16)17)14(18)19-2/h4,7-8,10-11H,3,5-6,9H2,2H3/t10-,11+/m1/s1. The summed E-state index contributed by atoms with van der Waals surface area (Å²) in [5, 5.41) is 0. The van der Waals surface area contributed by atoms with Crippen LogP contribution >= 0.6 is 0 Å². The zero-order valence-corrected chi connectivity index (χ0v) is 10.8. The monoisotopic (exact) mass is 260 g/mol. The van der Waals surface area contributed by atoms with Crippen molar-refractivity contribution in [2.75, 3.05) is 7.11 Å². The zero-order valence-electron chi connectivity index (χ0n) is 10.8. The Labute approximate surface area is 111 Å². The van der Waals surface area contributed by atoms with Crippen LogP contribution in [0.25, 0.3) is 4.85 Å². The third kappa shape index (κ3) is 2.68. The minimum absolute atomic E-state index is 0.00459. The van der Waals surface area contributed by atoms with Crippen LogP contribution in [0, 0.1) is 6.57 Å². The number of ether oxygens (including phenoxy) is 1. The highest BCUT2D eigenvalue weighted by molar-refractivity contribution is 5.88. The summed E-state index contributed by atoms with van der Waals surface area (Å²) < 4.78 is 6.17. The number of pyridine rings is 1. The quantitative estimate of drug-likeness (QED) is 0.604. The Hall–Kier alpha value is -2.09. The van der Waals surface area contributed by atoms with Crippen LogP contribution in [0.15, 0.2) is 23.1 Å². The van der Waals surface area contributed by atoms with Gasteiger partial charge in [-0.1, -0.05) is 0 Å². The Morgan fingerprint density at radius 2 is 2.32 bits per heavy atom. The fraction of sp³-hybridized carbons (Fsp3) is 0.500. The van der Waals surface area contributed by atoms with E-state index in [2.05, 4.69) is 9.58 Å². The molecule has 5 nitrogen and oxygen atoms in total. The van der Waals surface area contributed by atoms with E-state index in [0.29, 0.717) is 6.42 Å². The second kappa shape index (κ2) is 5.70. The Bertz CT molecular complexity index is 571. The lowest BCUT2D eigenvalue weighted by Crippen LogP contribution is -2.32. The normalized spacial score (nSPS) is 22.5. The number of hydrogen-bond acceptors (Lipinski definition) is 3. The number of esters is 1. The molecule has 1 saturated carbocycles. The molecule has 1 aromatic rings. The van der Waals surface area contributed by atoms with Crippen LogP contribution in [-0.4, -0.2) is 23.7 Å². The number of aromatic nitrogens is 1. The molecule has 0 unspecified atom stereocenters. The fourth-order valence-electron chi connectivity index (χ4n) is 2.57. The van der Waals surface area contributed by atoms with Crippen molar-refractivity contribution in [3.8, 4) is 0 Å². The maximum Gasteiger partial charge on any atom is 0.343 e. The number of carbonyl (C=O) groups excluding carboxylic acids is 1. The molecule has 0 saturated heterocycles. The molecule has 1 heterocycles. The molecule has 0 amide bonds. The summed E-state index contributed by atoms with van der Waals surface area (Å²) in [7, 11) is 1.26. The SMILES string of the molecule is [C-]#[N+][C@@H]1CCC[C@H](n2cccc(C(=O)OC)c2=O)C1. The van der Waals surface area contributed by atoms with E-state index in [1.807, 2.05) is 0 Å². The van der Waals surface area contributed by atoms with Crippen LogP contribution in [0.4, 0.5) is 0 Å². The summed E-state index contributed by atoms with van der Waals surface area (Å²) in [6.07, 6.45) is 5.06. The first-order valence-electron chi connectivity index (χ1n) is 6.33. The molecule has 0 aromatic carbocycles. The molecule has 2 rings (SSSR count). The van der Waals surface area contributed by atoms with Crippen molar-refractivity contribution in [1.29, 1.82) is 0 Å². The molecule has 0 N–H and O–H groups in total. The molecule has 100 valence electrons. The minimum atomic E-state index is -0.614. The van der Waals surface area contributed by atoms with Gasteiger partial charge in [0.25, 0.3) is 5.56 Å². The van der Waals surface area contributed by atoms with E-state index in [1.165, 1.54) is 13.2 Å². The maximum atomic E-state index is 12.2. The first-order valence-corrected chi connectivity index (χ1v) is 6.33. The Kier molecular flexibility index (Phi) is 4.00. The van der Waals surface area contributed by atoms with E-state index in [9.17, 15) is 9.59 Å². The molecule has 0 radical (unpaired) electrons. The average molecular weight is 260 g/mol. The van der Waals surface area contributed by atoms with Gasteiger partial charge in [0.05, 0.1) is 7.11 Å². The van der Waals surface area contributed by atoms with Gasteiger partial charge in [-0.05, 0) is 25.0 Å². The van der Waals surface area contributed by atoms with E-state index in [4.69, 9.17) is 6.57 Å². The summed E-state index contributed by atoms with van der Waals surface area (Å²) in [4.78, 5) is 27.3. The molecule has 0 aliphatic heterocycles. The summed E-state index contributed by atoms with van der Waals surface area (Å²) in [6.45, 7) is 7.11. The molecular formula is C14H16N2O3. The molecule has 1 fully saturated rings. The van der Waals surface area contributed by atoms with E-state index in [0.717, 1.165) is 19.3 Å². The van der Waals surface area contributed by atoms with Crippen molar-refractivity contribution in [1.82, 2.24) is 4.57 Å². The first-order chi connectivity index (χ1) is 9.17. The van der Waals surface area contributed by atoms with E-state index in [1.54, 1.807) is 16.8 Å². The number of methoxy groups -OCH3 is 1. The molecular weight excluding hydrogens is 244 g/mol. The molecule has 0 spiro atoms. The number of carbonyl (C=O) groups is 1. The van der Waals surface area contributed by atoms with E-state index >= 15 is 0 Å². The van der Waals surface area contributed by atoms with Gasteiger partial charge >= 0.3 is 5.97 Å². The van der Waals surface area contributed by atoms with Gasteiger partial charge in [-0.3, -0.25) is 4.79 Å².